The van der Waals surface area contributed by atoms with Crippen molar-refractivity contribution in [3.63, 3.8) is 0 Å². The van der Waals surface area contributed by atoms with Gasteiger partial charge < -0.3 is 14.8 Å². The second-order valence-electron chi connectivity index (χ2n) is 7.71. The molecule has 0 spiro atoms. The van der Waals surface area contributed by atoms with E-state index in [0.29, 0.717) is 36.2 Å². The van der Waals surface area contributed by atoms with Crippen LogP contribution in [0.5, 0.6) is 11.5 Å². The Morgan fingerprint density at radius 1 is 1.30 bits per heavy atom. The number of methoxy groups -OCH3 is 2. The van der Waals surface area contributed by atoms with Gasteiger partial charge in [0.2, 0.25) is 5.91 Å². The maximum atomic E-state index is 13.2. The summed E-state index contributed by atoms with van der Waals surface area (Å²) < 4.78 is 12.2. The summed E-state index contributed by atoms with van der Waals surface area (Å²) in [5.74, 6) is 1.42. The van der Waals surface area contributed by atoms with Crippen molar-refractivity contribution in [3.05, 3.63) is 57.2 Å². The molecule has 0 atom stereocenters. The number of fused-ring (bicyclic) bond motifs is 3. The molecule has 3 aromatic rings. The minimum Gasteiger partial charge on any atom is -0.493 e. The van der Waals surface area contributed by atoms with Crippen molar-refractivity contribution in [1.29, 1.82) is 0 Å². The lowest BCUT2D eigenvalue weighted by Gasteiger charge is -2.11. The molecular weight excluding hydrogens is 458 g/mol. The molecule has 0 bridgehead atoms. The van der Waals surface area contributed by atoms with Crippen LogP contribution in [0.15, 0.2) is 40.8 Å². The summed E-state index contributed by atoms with van der Waals surface area (Å²) in [7, 11) is 3.20. The highest BCUT2D eigenvalue weighted by atomic mass is 32.2. The van der Waals surface area contributed by atoms with Crippen LogP contribution in [-0.4, -0.2) is 42.0 Å². The number of carbonyl (C=O) groups excluding carboxylic acids is 1. The number of aryl methyl sites for hydroxylation is 2. The Bertz CT molecular complexity index is 1250. The van der Waals surface area contributed by atoms with E-state index < -0.39 is 0 Å². The fourth-order valence-corrected chi connectivity index (χ4v) is 6.16. The molecule has 1 aliphatic carbocycles. The molecule has 2 aromatic heterocycles. The molecule has 0 saturated carbocycles. The number of carbonyl (C=O) groups is 1. The Morgan fingerprint density at radius 3 is 2.88 bits per heavy atom. The number of rotatable bonds is 10. The third kappa shape index (κ3) is 4.94. The Balaban J connectivity index is 1.40. The van der Waals surface area contributed by atoms with Gasteiger partial charge in [0.1, 0.15) is 4.83 Å². The third-order valence-corrected chi connectivity index (χ3v) is 7.78. The molecule has 9 heteroatoms. The van der Waals surface area contributed by atoms with Gasteiger partial charge in [-0.15, -0.1) is 17.9 Å². The van der Waals surface area contributed by atoms with E-state index in [0.717, 1.165) is 40.6 Å². The average molecular weight is 486 g/mol. The molecule has 1 N–H and O–H groups in total. The number of thioether (sulfide) groups is 1. The summed E-state index contributed by atoms with van der Waals surface area (Å²) in [6.45, 7) is 4.65. The van der Waals surface area contributed by atoms with E-state index in [9.17, 15) is 9.59 Å². The van der Waals surface area contributed by atoms with Gasteiger partial charge in [-0.1, -0.05) is 23.9 Å². The second kappa shape index (κ2) is 10.4. The summed E-state index contributed by atoms with van der Waals surface area (Å²) >= 11 is 2.89. The molecule has 1 aliphatic rings. The van der Waals surface area contributed by atoms with Crippen LogP contribution in [-0.2, 0) is 30.6 Å². The van der Waals surface area contributed by atoms with Gasteiger partial charge in [-0.3, -0.25) is 14.2 Å². The number of thiophene rings is 1. The summed E-state index contributed by atoms with van der Waals surface area (Å²) in [6, 6.07) is 5.71. The van der Waals surface area contributed by atoms with Gasteiger partial charge in [0.15, 0.2) is 16.7 Å². The minimum atomic E-state index is -0.103. The lowest BCUT2D eigenvalue weighted by molar-refractivity contribution is -0.118. The number of aromatic nitrogens is 2. The summed E-state index contributed by atoms with van der Waals surface area (Å²) in [6.07, 6.45) is 5.41. The second-order valence-corrected chi connectivity index (χ2v) is 9.74. The first kappa shape index (κ1) is 23.4. The maximum absolute atomic E-state index is 13.2. The van der Waals surface area contributed by atoms with Crippen LogP contribution in [0.1, 0.15) is 22.4 Å². The fourth-order valence-electron chi connectivity index (χ4n) is 4.02. The van der Waals surface area contributed by atoms with Gasteiger partial charge in [0.25, 0.3) is 5.56 Å². The maximum Gasteiger partial charge on any atom is 0.263 e. The van der Waals surface area contributed by atoms with Crippen LogP contribution in [0.2, 0.25) is 0 Å². The van der Waals surface area contributed by atoms with E-state index in [1.54, 1.807) is 36.2 Å². The van der Waals surface area contributed by atoms with Crippen LogP contribution < -0.4 is 20.3 Å². The zero-order valence-corrected chi connectivity index (χ0v) is 20.4. The standard InChI is InChI=1S/C24H27N3O4S2/c1-4-12-27-23(29)21-16-6-5-7-19(16)33-22(21)26-24(27)32-14-20(28)25-11-10-15-8-9-17(30-2)18(13-15)31-3/h4,8-9,13H,1,5-7,10-12,14H2,2-3H3,(H,25,28). The molecule has 2 heterocycles. The topological polar surface area (TPSA) is 82.5 Å². The third-order valence-electron chi connectivity index (χ3n) is 5.62. The highest BCUT2D eigenvalue weighted by Gasteiger charge is 2.23. The molecule has 7 nitrogen and oxygen atoms in total. The number of amides is 1. The van der Waals surface area contributed by atoms with Gasteiger partial charge >= 0.3 is 0 Å². The van der Waals surface area contributed by atoms with Crippen molar-refractivity contribution in [2.45, 2.75) is 37.4 Å². The van der Waals surface area contributed by atoms with E-state index in [1.807, 2.05) is 18.2 Å². The number of nitrogens with one attached hydrogen (secondary N) is 1. The fraction of sp³-hybridized carbons (Fsp3) is 0.375. The SMILES string of the molecule is C=CCn1c(SCC(=O)NCCc2ccc(OC)c(OC)c2)nc2sc3c(c2c1=O)CCC3. The van der Waals surface area contributed by atoms with Crippen LogP contribution in [0, 0.1) is 0 Å². The number of ether oxygens (including phenoxy) is 2. The van der Waals surface area contributed by atoms with E-state index in [2.05, 4.69) is 11.9 Å². The Hall–Kier alpha value is -2.78. The van der Waals surface area contributed by atoms with Crippen molar-refractivity contribution < 1.29 is 14.3 Å². The van der Waals surface area contributed by atoms with Crippen molar-refractivity contribution in [1.82, 2.24) is 14.9 Å². The molecule has 1 aromatic carbocycles. The minimum absolute atomic E-state index is 0.0318. The Kier molecular flexibility index (Phi) is 7.39. The summed E-state index contributed by atoms with van der Waals surface area (Å²) in [5.41, 5.74) is 2.17. The number of allylic oxidation sites excluding steroid dienone is 1. The van der Waals surface area contributed by atoms with Crippen LogP contribution in [0.4, 0.5) is 0 Å². The van der Waals surface area contributed by atoms with Crippen LogP contribution in [0.3, 0.4) is 0 Å². The highest BCUT2D eigenvalue weighted by Crippen LogP contribution is 2.35. The molecular formula is C24H27N3O4S2. The largest absolute Gasteiger partial charge is 0.493 e. The zero-order valence-electron chi connectivity index (χ0n) is 18.8. The van der Waals surface area contributed by atoms with E-state index in [1.165, 1.54) is 16.6 Å². The number of nitrogens with zero attached hydrogens (tertiary/aromatic N) is 2. The predicted octanol–water partition coefficient (Wildman–Crippen LogP) is 3.60. The van der Waals surface area contributed by atoms with Gasteiger partial charge in [-0.25, -0.2) is 4.98 Å². The van der Waals surface area contributed by atoms with Gasteiger partial charge in [-0.05, 0) is 48.9 Å². The van der Waals surface area contributed by atoms with Gasteiger partial charge in [0, 0.05) is 18.0 Å². The quantitative estimate of drug-likeness (QED) is 0.268. The lowest BCUT2D eigenvalue weighted by Crippen LogP contribution is -2.28. The van der Waals surface area contributed by atoms with Crippen molar-refractivity contribution in [2.24, 2.45) is 0 Å². The smallest absolute Gasteiger partial charge is 0.263 e. The molecule has 0 aliphatic heterocycles. The first-order chi connectivity index (χ1) is 16.0. The van der Waals surface area contributed by atoms with Gasteiger partial charge in [0.05, 0.1) is 25.4 Å². The molecule has 4 rings (SSSR count). The molecule has 174 valence electrons. The van der Waals surface area contributed by atoms with Crippen molar-refractivity contribution in [3.8, 4) is 11.5 Å². The van der Waals surface area contributed by atoms with Crippen LogP contribution in [0.25, 0.3) is 10.2 Å². The average Bonchev–Trinajstić information content (AvgIpc) is 3.40. The molecule has 1 amide bonds. The molecule has 0 saturated heterocycles. The number of benzene rings is 1. The van der Waals surface area contributed by atoms with Crippen LogP contribution >= 0.6 is 23.1 Å². The zero-order chi connectivity index (χ0) is 23.4. The van der Waals surface area contributed by atoms with Crippen molar-refractivity contribution >= 4 is 39.2 Å². The predicted molar refractivity (Wildman–Crippen MR) is 133 cm³/mol. The molecule has 0 radical (unpaired) electrons. The lowest BCUT2D eigenvalue weighted by atomic mass is 10.1. The highest BCUT2D eigenvalue weighted by molar-refractivity contribution is 7.99. The van der Waals surface area contributed by atoms with E-state index >= 15 is 0 Å². The summed E-state index contributed by atoms with van der Waals surface area (Å²) in [5, 5.41) is 4.24. The van der Waals surface area contributed by atoms with E-state index in [4.69, 9.17) is 14.5 Å². The molecule has 0 unspecified atom stereocenters. The molecule has 0 fully saturated rings. The van der Waals surface area contributed by atoms with Gasteiger partial charge in [-0.2, -0.15) is 0 Å². The summed E-state index contributed by atoms with van der Waals surface area (Å²) in [4.78, 5) is 32.4. The number of hydrogen-bond acceptors (Lipinski definition) is 7. The first-order valence-electron chi connectivity index (χ1n) is 10.8. The normalized spacial score (nSPS) is 12.5. The number of hydrogen-bond donors (Lipinski definition) is 1. The van der Waals surface area contributed by atoms with E-state index in [-0.39, 0.29) is 17.2 Å². The first-order valence-corrected chi connectivity index (χ1v) is 12.6. The molecule has 33 heavy (non-hydrogen) atoms. The van der Waals surface area contributed by atoms with Crippen molar-refractivity contribution in [2.75, 3.05) is 26.5 Å². The monoisotopic (exact) mass is 485 g/mol. The Morgan fingerprint density at radius 2 is 2.12 bits per heavy atom. The Labute approximate surface area is 200 Å².